The number of fused-ring (bicyclic) bond motifs is 1. The summed E-state index contributed by atoms with van der Waals surface area (Å²) in [4.78, 5) is 17.0. The Kier molecular flexibility index (Phi) is 6.25. The van der Waals surface area contributed by atoms with E-state index >= 15 is 0 Å². The van der Waals surface area contributed by atoms with Crippen molar-refractivity contribution in [2.75, 3.05) is 25.6 Å². The van der Waals surface area contributed by atoms with Crippen LogP contribution in [0.5, 0.6) is 23.0 Å². The third kappa shape index (κ3) is 4.60. The van der Waals surface area contributed by atoms with Crippen molar-refractivity contribution in [3.63, 3.8) is 0 Å². The predicted octanol–water partition coefficient (Wildman–Crippen LogP) is 4.80. The Labute approximate surface area is 182 Å². The lowest BCUT2D eigenvalue weighted by Crippen LogP contribution is -2.13. The first kappa shape index (κ1) is 20.3. The van der Waals surface area contributed by atoms with E-state index in [2.05, 4.69) is 10.3 Å². The van der Waals surface area contributed by atoms with Gasteiger partial charge in [-0.15, -0.1) is 11.3 Å². The number of rotatable bonds is 6. The van der Waals surface area contributed by atoms with Crippen molar-refractivity contribution in [2.24, 2.45) is 0 Å². The van der Waals surface area contributed by atoms with Gasteiger partial charge < -0.3 is 24.3 Å². The zero-order chi connectivity index (χ0) is 20.9. The van der Waals surface area contributed by atoms with E-state index in [1.54, 1.807) is 35.8 Å². The Morgan fingerprint density at radius 3 is 2.73 bits per heavy atom. The Bertz CT molecular complexity index is 1040. The highest BCUT2D eigenvalue weighted by Crippen LogP contribution is 2.38. The van der Waals surface area contributed by atoms with E-state index in [1.807, 2.05) is 5.38 Å². The van der Waals surface area contributed by atoms with Crippen molar-refractivity contribution in [1.29, 1.82) is 0 Å². The molecule has 9 heteroatoms. The molecule has 0 atom stereocenters. The summed E-state index contributed by atoms with van der Waals surface area (Å²) in [5.41, 5.74) is 3.41. The van der Waals surface area contributed by atoms with Gasteiger partial charge in [0.1, 0.15) is 6.61 Å². The molecule has 4 rings (SSSR count). The minimum Gasteiger partial charge on any atom is -0.493 e. The highest BCUT2D eigenvalue weighted by atomic mass is 35.5. The molecular formula is C21H19ClN2O5S. The largest absolute Gasteiger partial charge is 0.493 e. The molecule has 1 aliphatic rings. The van der Waals surface area contributed by atoms with Gasteiger partial charge in [0, 0.05) is 29.5 Å². The van der Waals surface area contributed by atoms with Crippen LogP contribution in [0.4, 0.5) is 5.69 Å². The quantitative estimate of drug-likeness (QED) is 0.586. The SMILES string of the molecule is COc1cc(C(=O)Nc2cc3c(cc2Cl)OCCCO3)ccc1OCc1cscn1. The fraction of sp³-hybridized carbons (Fsp3) is 0.238. The number of nitrogens with one attached hydrogen (secondary N) is 1. The van der Waals surface area contributed by atoms with E-state index in [0.29, 0.717) is 59.1 Å². The molecule has 0 fully saturated rings. The first-order valence-electron chi connectivity index (χ1n) is 9.22. The van der Waals surface area contributed by atoms with Gasteiger partial charge >= 0.3 is 0 Å². The fourth-order valence-electron chi connectivity index (χ4n) is 2.86. The molecule has 30 heavy (non-hydrogen) atoms. The maximum atomic E-state index is 12.8. The second-order valence-corrected chi connectivity index (χ2v) is 7.54. The smallest absolute Gasteiger partial charge is 0.255 e. The number of hydrogen-bond acceptors (Lipinski definition) is 7. The standard InChI is InChI=1S/C21H19ClN2O5S/c1-26-18-7-13(3-4-17(18)29-10-14-11-30-12-23-14)21(25)24-16-9-20-19(8-15(16)22)27-5-2-6-28-20/h3-4,7-9,11-12H,2,5-6,10H2,1H3,(H,24,25). The lowest BCUT2D eigenvalue weighted by atomic mass is 10.1. The molecule has 156 valence electrons. The number of nitrogens with zero attached hydrogens (tertiary/aromatic N) is 1. The van der Waals surface area contributed by atoms with Gasteiger partial charge in [-0.05, 0) is 18.2 Å². The molecule has 0 radical (unpaired) electrons. The topological polar surface area (TPSA) is 78.9 Å². The van der Waals surface area contributed by atoms with Gasteiger partial charge in [0.05, 0.1) is 42.2 Å². The maximum absolute atomic E-state index is 12.8. The minimum atomic E-state index is -0.337. The average molecular weight is 447 g/mol. The molecule has 2 aromatic carbocycles. The lowest BCUT2D eigenvalue weighted by Gasteiger charge is -2.14. The number of thiazole rings is 1. The lowest BCUT2D eigenvalue weighted by molar-refractivity contribution is 0.102. The second-order valence-electron chi connectivity index (χ2n) is 6.42. The summed E-state index contributed by atoms with van der Waals surface area (Å²) in [6.45, 7) is 1.42. The molecule has 1 amide bonds. The monoisotopic (exact) mass is 446 g/mol. The summed E-state index contributed by atoms with van der Waals surface area (Å²) < 4.78 is 22.4. The number of hydrogen-bond donors (Lipinski definition) is 1. The van der Waals surface area contributed by atoms with Gasteiger partial charge in [0.25, 0.3) is 5.91 Å². The third-order valence-electron chi connectivity index (χ3n) is 4.37. The molecule has 1 aromatic heterocycles. The van der Waals surface area contributed by atoms with Crippen LogP contribution in [0.3, 0.4) is 0 Å². The fourth-order valence-corrected chi connectivity index (χ4v) is 3.61. The Morgan fingerprint density at radius 2 is 2.00 bits per heavy atom. The van der Waals surface area contributed by atoms with Crippen LogP contribution in [0.25, 0.3) is 0 Å². The minimum absolute atomic E-state index is 0.318. The molecule has 0 saturated heterocycles. The normalized spacial score (nSPS) is 12.7. The van der Waals surface area contributed by atoms with Gasteiger partial charge in [-0.1, -0.05) is 11.6 Å². The van der Waals surface area contributed by atoms with E-state index in [4.69, 9.17) is 30.5 Å². The average Bonchev–Trinajstić information content (AvgIpc) is 3.18. The molecule has 2 heterocycles. The van der Waals surface area contributed by atoms with Crippen LogP contribution < -0.4 is 24.3 Å². The number of halogens is 1. The molecule has 7 nitrogen and oxygen atoms in total. The predicted molar refractivity (Wildman–Crippen MR) is 114 cm³/mol. The molecule has 0 unspecified atom stereocenters. The van der Waals surface area contributed by atoms with Crippen LogP contribution in [0.1, 0.15) is 22.5 Å². The summed E-state index contributed by atoms with van der Waals surface area (Å²) in [5.74, 6) is 1.75. The first-order chi connectivity index (χ1) is 14.6. The zero-order valence-corrected chi connectivity index (χ0v) is 17.7. The molecule has 0 spiro atoms. The van der Waals surface area contributed by atoms with E-state index in [0.717, 1.165) is 12.1 Å². The van der Waals surface area contributed by atoms with Crippen LogP contribution in [0.15, 0.2) is 41.2 Å². The Morgan fingerprint density at radius 1 is 1.20 bits per heavy atom. The highest BCUT2D eigenvalue weighted by molar-refractivity contribution is 7.07. The maximum Gasteiger partial charge on any atom is 0.255 e. The van der Waals surface area contributed by atoms with E-state index in [9.17, 15) is 4.79 Å². The number of anilines is 1. The van der Waals surface area contributed by atoms with Crippen molar-refractivity contribution < 1.29 is 23.7 Å². The number of benzene rings is 2. The van der Waals surface area contributed by atoms with Gasteiger partial charge in [0.15, 0.2) is 23.0 Å². The third-order valence-corrected chi connectivity index (χ3v) is 5.32. The van der Waals surface area contributed by atoms with Gasteiger partial charge in [0.2, 0.25) is 0 Å². The highest BCUT2D eigenvalue weighted by Gasteiger charge is 2.17. The van der Waals surface area contributed by atoms with Gasteiger partial charge in [-0.25, -0.2) is 4.98 Å². The first-order valence-corrected chi connectivity index (χ1v) is 10.5. The molecular weight excluding hydrogens is 428 g/mol. The van der Waals surface area contributed by atoms with Crippen molar-refractivity contribution in [1.82, 2.24) is 4.98 Å². The zero-order valence-electron chi connectivity index (χ0n) is 16.1. The van der Waals surface area contributed by atoms with Crippen LogP contribution in [-0.4, -0.2) is 31.2 Å². The summed E-state index contributed by atoms with van der Waals surface area (Å²) in [6, 6.07) is 8.28. The van der Waals surface area contributed by atoms with Crippen molar-refractivity contribution in [2.45, 2.75) is 13.0 Å². The summed E-state index contributed by atoms with van der Waals surface area (Å²) in [5, 5.41) is 5.08. The van der Waals surface area contributed by atoms with Gasteiger partial charge in [-0.2, -0.15) is 0 Å². The number of methoxy groups -OCH3 is 1. The second kappa shape index (κ2) is 9.23. The Balaban J connectivity index is 1.50. The summed E-state index contributed by atoms with van der Waals surface area (Å²) >= 11 is 7.82. The van der Waals surface area contributed by atoms with Crippen LogP contribution >= 0.6 is 22.9 Å². The van der Waals surface area contributed by atoms with Crippen LogP contribution in [-0.2, 0) is 6.61 Å². The molecule has 3 aromatic rings. The summed E-state index contributed by atoms with van der Waals surface area (Å²) in [7, 11) is 1.52. The number of aromatic nitrogens is 1. The number of carbonyl (C=O) groups is 1. The number of amides is 1. The molecule has 0 aliphatic carbocycles. The van der Waals surface area contributed by atoms with Crippen molar-refractivity contribution in [3.8, 4) is 23.0 Å². The van der Waals surface area contributed by atoms with E-state index < -0.39 is 0 Å². The van der Waals surface area contributed by atoms with Crippen LogP contribution in [0, 0.1) is 0 Å². The Hall–Kier alpha value is -2.97. The molecule has 1 aliphatic heterocycles. The number of ether oxygens (including phenoxy) is 4. The number of carbonyl (C=O) groups excluding carboxylic acids is 1. The van der Waals surface area contributed by atoms with E-state index in [1.165, 1.54) is 18.4 Å². The van der Waals surface area contributed by atoms with Crippen LogP contribution in [0.2, 0.25) is 5.02 Å². The van der Waals surface area contributed by atoms with Crippen molar-refractivity contribution in [3.05, 3.63) is 57.5 Å². The van der Waals surface area contributed by atoms with Gasteiger partial charge in [-0.3, -0.25) is 4.79 Å². The van der Waals surface area contributed by atoms with E-state index in [-0.39, 0.29) is 5.91 Å². The molecule has 1 N–H and O–H groups in total. The molecule has 0 saturated carbocycles. The van der Waals surface area contributed by atoms with Crippen molar-refractivity contribution >= 4 is 34.5 Å². The molecule has 0 bridgehead atoms. The summed E-state index contributed by atoms with van der Waals surface area (Å²) in [6.07, 6.45) is 0.782.